The first-order chi connectivity index (χ1) is 10.3. The van der Waals surface area contributed by atoms with Gasteiger partial charge < -0.3 is 14.8 Å². The molecule has 3 rings (SSSR count). The second-order valence-electron chi connectivity index (χ2n) is 6.09. The summed E-state index contributed by atoms with van der Waals surface area (Å²) in [7, 11) is 0. The Bertz CT molecular complexity index is 472. The molecule has 21 heavy (non-hydrogen) atoms. The molecule has 1 aliphatic heterocycles. The van der Waals surface area contributed by atoms with Gasteiger partial charge in [-0.3, -0.25) is 0 Å². The minimum Gasteiger partial charge on any atom is -0.489 e. The van der Waals surface area contributed by atoms with Crippen LogP contribution in [0.15, 0.2) is 12.1 Å². The van der Waals surface area contributed by atoms with Gasteiger partial charge in [0.25, 0.3) is 0 Å². The molecule has 1 aliphatic carbocycles. The predicted molar refractivity (Wildman–Crippen MR) is 85.3 cm³/mol. The molecule has 116 valence electrons. The summed E-state index contributed by atoms with van der Waals surface area (Å²) >= 11 is 6.31. The summed E-state index contributed by atoms with van der Waals surface area (Å²) in [4.78, 5) is 0. The summed E-state index contributed by atoms with van der Waals surface area (Å²) in [6, 6.07) is 4.04. The van der Waals surface area contributed by atoms with E-state index in [1.807, 2.05) is 6.07 Å². The Morgan fingerprint density at radius 1 is 1.05 bits per heavy atom. The molecule has 0 atom stereocenters. The highest BCUT2D eigenvalue weighted by atomic mass is 35.5. The quantitative estimate of drug-likeness (QED) is 0.905. The number of hydrogen-bond donors (Lipinski definition) is 1. The van der Waals surface area contributed by atoms with Crippen LogP contribution in [0, 0.1) is 5.92 Å². The number of halogens is 1. The van der Waals surface area contributed by atoms with E-state index in [-0.39, 0.29) is 0 Å². The zero-order chi connectivity index (χ0) is 14.5. The van der Waals surface area contributed by atoms with Crippen molar-refractivity contribution in [3.63, 3.8) is 0 Å². The fourth-order valence-electron chi connectivity index (χ4n) is 3.20. The van der Waals surface area contributed by atoms with Gasteiger partial charge in [0.05, 0.1) is 18.2 Å². The van der Waals surface area contributed by atoms with Gasteiger partial charge in [0, 0.05) is 13.0 Å². The third kappa shape index (κ3) is 4.04. The molecule has 0 saturated heterocycles. The lowest BCUT2D eigenvalue weighted by Crippen LogP contribution is -2.24. The Labute approximate surface area is 132 Å². The summed E-state index contributed by atoms with van der Waals surface area (Å²) in [5.74, 6) is 2.33. The lowest BCUT2D eigenvalue weighted by atomic mass is 9.89. The van der Waals surface area contributed by atoms with E-state index in [0.29, 0.717) is 24.0 Å². The molecule has 0 unspecified atom stereocenters. The maximum atomic E-state index is 6.31. The van der Waals surface area contributed by atoms with Crippen molar-refractivity contribution in [2.75, 3.05) is 19.8 Å². The molecular formula is C17H24ClNO2. The van der Waals surface area contributed by atoms with Crippen LogP contribution in [0.2, 0.25) is 5.02 Å². The SMILES string of the molecule is Clc1cc(CNCC2CCCCC2)cc2c1OCCCO2. The maximum absolute atomic E-state index is 6.31. The number of ether oxygens (including phenoxy) is 2. The summed E-state index contributed by atoms with van der Waals surface area (Å²) < 4.78 is 11.4. The topological polar surface area (TPSA) is 30.5 Å². The Morgan fingerprint density at radius 3 is 2.71 bits per heavy atom. The largest absolute Gasteiger partial charge is 0.489 e. The van der Waals surface area contributed by atoms with Gasteiger partial charge in [-0.05, 0) is 43.0 Å². The van der Waals surface area contributed by atoms with E-state index in [2.05, 4.69) is 11.4 Å². The summed E-state index contributed by atoms with van der Waals surface area (Å²) in [6.45, 7) is 3.31. The Balaban J connectivity index is 1.57. The Kier molecular flexibility index (Phi) is 5.26. The van der Waals surface area contributed by atoms with Crippen LogP contribution < -0.4 is 14.8 Å². The van der Waals surface area contributed by atoms with E-state index in [1.165, 1.54) is 37.7 Å². The summed E-state index contributed by atoms with van der Waals surface area (Å²) in [5.41, 5.74) is 1.17. The monoisotopic (exact) mass is 309 g/mol. The summed E-state index contributed by atoms with van der Waals surface area (Å²) in [5, 5.41) is 4.22. The van der Waals surface area contributed by atoms with Crippen molar-refractivity contribution in [2.45, 2.75) is 45.1 Å². The number of fused-ring (bicyclic) bond motifs is 1. The van der Waals surface area contributed by atoms with Crippen LogP contribution in [0.1, 0.15) is 44.1 Å². The average molecular weight is 310 g/mol. The molecule has 0 spiro atoms. The molecule has 1 heterocycles. The third-order valence-corrected chi connectivity index (χ3v) is 4.63. The zero-order valence-corrected chi connectivity index (χ0v) is 13.3. The minimum atomic E-state index is 0.656. The van der Waals surface area contributed by atoms with Gasteiger partial charge in [-0.25, -0.2) is 0 Å². The molecule has 0 aromatic heterocycles. The van der Waals surface area contributed by atoms with Crippen LogP contribution in [0.25, 0.3) is 0 Å². The van der Waals surface area contributed by atoms with Crippen LogP contribution in [0.4, 0.5) is 0 Å². The number of rotatable bonds is 4. The highest BCUT2D eigenvalue weighted by Crippen LogP contribution is 2.38. The molecule has 2 aliphatic rings. The van der Waals surface area contributed by atoms with Crippen molar-refractivity contribution in [3.8, 4) is 11.5 Å². The smallest absolute Gasteiger partial charge is 0.179 e. The number of hydrogen-bond acceptors (Lipinski definition) is 3. The minimum absolute atomic E-state index is 0.656. The molecule has 1 saturated carbocycles. The Morgan fingerprint density at radius 2 is 1.86 bits per heavy atom. The van der Waals surface area contributed by atoms with Gasteiger partial charge in [0.2, 0.25) is 0 Å². The van der Waals surface area contributed by atoms with Crippen LogP contribution >= 0.6 is 11.6 Å². The van der Waals surface area contributed by atoms with Crippen molar-refractivity contribution in [2.24, 2.45) is 5.92 Å². The zero-order valence-electron chi connectivity index (χ0n) is 12.5. The average Bonchev–Trinajstić information content (AvgIpc) is 2.74. The lowest BCUT2D eigenvalue weighted by molar-refractivity contribution is 0.297. The standard InChI is InChI=1S/C17H24ClNO2/c18-15-9-14(10-16-17(15)21-8-4-7-20-16)12-19-11-13-5-2-1-3-6-13/h9-10,13,19H,1-8,11-12H2. The van der Waals surface area contributed by atoms with Crippen LogP contribution in [-0.2, 0) is 6.54 Å². The third-order valence-electron chi connectivity index (χ3n) is 4.35. The molecule has 0 radical (unpaired) electrons. The lowest BCUT2D eigenvalue weighted by Gasteiger charge is -2.22. The van der Waals surface area contributed by atoms with Gasteiger partial charge in [-0.2, -0.15) is 0 Å². The molecule has 1 aromatic carbocycles. The second kappa shape index (κ2) is 7.37. The first-order valence-corrected chi connectivity index (χ1v) is 8.49. The molecule has 0 amide bonds. The van der Waals surface area contributed by atoms with E-state index in [4.69, 9.17) is 21.1 Å². The highest BCUT2D eigenvalue weighted by molar-refractivity contribution is 6.32. The molecule has 1 fully saturated rings. The highest BCUT2D eigenvalue weighted by Gasteiger charge is 2.16. The van der Waals surface area contributed by atoms with E-state index in [1.54, 1.807) is 0 Å². The molecule has 0 bridgehead atoms. The van der Waals surface area contributed by atoms with Crippen molar-refractivity contribution in [1.29, 1.82) is 0 Å². The number of benzene rings is 1. The first-order valence-electron chi connectivity index (χ1n) is 8.11. The maximum Gasteiger partial charge on any atom is 0.179 e. The first kappa shape index (κ1) is 15.0. The molecule has 3 nitrogen and oxygen atoms in total. The van der Waals surface area contributed by atoms with Crippen LogP contribution in [-0.4, -0.2) is 19.8 Å². The van der Waals surface area contributed by atoms with Crippen molar-refractivity contribution < 1.29 is 9.47 Å². The fraction of sp³-hybridized carbons (Fsp3) is 0.647. The predicted octanol–water partition coefficient (Wildman–Crippen LogP) is 4.17. The van der Waals surface area contributed by atoms with Gasteiger partial charge >= 0.3 is 0 Å². The van der Waals surface area contributed by atoms with E-state index in [9.17, 15) is 0 Å². The van der Waals surface area contributed by atoms with Crippen LogP contribution in [0.3, 0.4) is 0 Å². The molecule has 4 heteroatoms. The molecule has 1 N–H and O–H groups in total. The van der Waals surface area contributed by atoms with Crippen molar-refractivity contribution in [1.82, 2.24) is 5.32 Å². The fourth-order valence-corrected chi connectivity index (χ4v) is 3.49. The van der Waals surface area contributed by atoms with Crippen molar-refractivity contribution in [3.05, 3.63) is 22.7 Å². The van der Waals surface area contributed by atoms with Gasteiger partial charge in [0.1, 0.15) is 0 Å². The van der Waals surface area contributed by atoms with Crippen molar-refractivity contribution >= 4 is 11.6 Å². The van der Waals surface area contributed by atoms with Crippen LogP contribution in [0.5, 0.6) is 11.5 Å². The number of nitrogens with one attached hydrogen (secondary N) is 1. The Hall–Kier alpha value is -0.930. The summed E-state index contributed by atoms with van der Waals surface area (Å²) in [6.07, 6.45) is 7.84. The normalized spacial score (nSPS) is 19.3. The van der Waals surface area contributed by atoms with E-state index < -0.39 is 0 Å². The van der Waals surface area contributed by atoms with Gasteiger partial charge in [-0.15, -0.1) is 0 Å². The molecular weight excluding hydrogens is 286 g/mol. The van der Waals surface area contributed by atoms with E-state index >= 15 is 0 Å². The van der Waals surface area contributed by atoms with Gasteiger partial charge in [0.15, 0.2) is 11.5 Å². The molecule has 1 aromatic rings. The van der Waals surface area contributed by atoms with Gasteiger partial charge in [-0.1, -0.05) is 30.9 Å². The van der Waals surface area contributed by atoms with E-state index in [0.717, 1.165) is 31.2 Å². The second-order valence-corrected chi connectivity index (χ2v) is 6.50.